The third-order valence-electron chi connectivity index (χ3n) is 1.97. The van der Waals surface area contributed by atoms with Crippen molar-refractivity contribution in [3.8, 4) is 0 Å². The summed E-state index contributed by atoms with van der Waals surface area (Å²) in [5, 5.41) is 3.72. The molecule has 1 aliphatic rings. The summed E-state index contributed by atoms with van der Waals surface area (Å²) in [5.41, 5.74) is 0.623. The zero-order valence-corrected chi connectivity index (χ0v) is 7.84. The highest BCUT2D eigenvalue weighted by molar-refractivity contribution is 7.07. The number of carbonyl (C=O) groups is 1. The quantitative estimate of drug-likeness (QED) is 0.669. The van der Waals surface area contributed by atoms with Crippen LogP contribution in [0.2, 0.25) is 0 Å². The fourth-order valence-electron chi connectivity index (χ4n) is 1.16. The van der Waals surface area contributed by atoms with E-state index >= 15 is 0 Å². The van der Waals surface area contributed by atoms with E-state index in [4.69, 9.17) is 0 Å². The van der Waals surface area contributed by atoms with Crippen molar-refractivity contribution >= 4 is 17.4 Å². The minimum absolute atomic E-state index is 0.151. The molecule has 2 heterocycles. The molecule has 2 rings (SSSR count). The molecule has 1 aromatic rings. The lowest BCUT2D eigenvalue weighted by molar-refractivity contribution is 0.0404. The van der Waals surface area contributed by atoms with Gasteiger partial charge in [-0.1, -0.05) is 4.49 Å². The van der Waals surface area contributed by atoms with Crippen LogP contribution in [0.15, 0.2) is 0 Å². The smallest absolute Gasteiger partial charge is 0.267 e. The summed E-state index contributed by atoms with van der Waals surface area (Å²) in [6.45, 7) is 2.13. The van der Waals surface area contributed by atoms with E-state index in [0.717, 1.165) is 11.5 Å². The molecule has 1 saturated heterocycles. The number of alkyl halides is 1. The van der Waals surface area contributed by atoms with Gasteiger partial charge in [0.2, 0.25) is 0 Å². The number of hydrogen-bond acceptors (Lipinski definition) is 4. The van der Waals surface area contributed by atoms with Crippen LogP contribution in [0, 0.1) is 6.92 Å². The van der Waals surface area contributed by atoms with Gasteiger partial charge in [0, 0.05) is 0 Å². The van der Waals surface area contributed by atoms with Crippen LogP contribution in [0.3, 0.4) is 0 Å². The second-order valence-electron chi connectivity index (χ2n) is 2.99. The van der Waals surface area contributed by atoms with Gasteiger partial charge in [0.1, 0.15) is 11.0 Å². The number of amides is 1. The third-order valence-corrected chi connectivity index (χ3v) is 2.79. The van der Waals surface area contributed by atoms with Crippen LogP contribution in [0.1, 0.15) is 15.4 Å². The van der Waals surface area contributed by atoms with E-state index in [1.807, 2.05) is 0 Å². The Kier molecular flexibility index (Phi) is 1.99. The monoisotopic (exact) mass is 201 g/mol. The first kappa shape index (κ1) is 8.55. The lowest BCUT2D eigenvalue weighted by Gasteiger charge is -2.33. The Balaban J connectivity index is 2.10. The SMILES string of the molecule is Cc1nnsc1C(=O)N1CC(F)C1. The van der Waals surface area contributed by atoms with Gasteiger partial charge in [-0.15, -0.1) is 5.10 Å². The minimum atomic E-state index is -0.856. The van der Waals surface area contributed by atoms with E-state index in [9.17, 15) is 9.18 Å². The van der Waals surface area contributed by atoms with Gasteiger partial charge in [-0.2, -0.15) is 0 Å². The van der Waals surface area contributed by atoms with Crippen molar-refractivity contribution in [2.45, 2.75) is 13.1 Å². The Bertz CT molecular complexity index is 334. The number of nitrogens with zero attached hydrogens (tertiary/aromatic N) is 3. The van der Waals surface area contributed by atoms with Gasteiger partial charge in [-0.05, 0) is 18.5 Å². The topological polar surface area (TPSA) is 46.1 Å². The maximum absolute atomic E-state index is 12.4. The summed E-state index contributed by atoms with van der Waals surface area (Å²) in [7, 11) is 0. The molecule has 0 spiro atoms. The number of carbonyl (C=O) groups excluding carboxylic acids is 1. The van der Waals surface area contributed by atoms with Gasteiger partial charge < -0.3 is 4.90 Å². The number of aromatic nitrogens is 2. The molecule has 0 atom stereocenters. The molecule has 1 amide bonds. The Morgan fingerprint density at radius 3 is 2.85 bits per heavy atom. The molecule has 0 radical (unpaired) electrons. The first-order valence-corrected chi connectivity index (χ1v) is 4.68. The molecular weight excluding hydrogens is 193 g/mol. The molecule has 0 aromatic carbocycles. The Morgan fingerprint density at radius 1 is 1.69 bits per heavy atom. The molecule has 0 saturated carbocycles. The molecular formula is C7H8FN3OS. The van der Waals surface area contributed by atoms with Gasteiger partial charge in [0.25, 0.3) is 5.91 Å². The summed E-state index contributed by atoms with van der Waals surface area (Å²) >= 11 is 1.06. The van der Waals surface area contributed by atoms with Crippen molar-refractivity contribution in [3.63, 3.8) is 0 Å². The third kappa shape index (κ3) is 1.41. The summed E-state index contributed by atoms with van der Waals surface area (Å²) in [6, 6.07) is 0. The summed E-state index contributed by atoms with van der Waals surface area (Å²) in [6.07, 6.45) is -0.856. The zero-order valence-electron chi connectivity index (χ0n) is 7.03. The van der Waals surface area contributed by atoms with Crippen molar-refractivity contribution in [2.24, 2.45) is 0 Å². The fraction of sp³-hybridized carbons (Fsp3) is 0.571. The van der Waals surface area contributed by atoms with Crippen LogP contribution in [-0.4, -0.2) is 39.7 Å². The fourth-order valence-corrected chi connectivity index (χ4v) is 1.79. The number of aryl methyl sites for hydroxylation is 1. The molecule has 0 N–H and O–H groups in total. The van der Waals surface area contributed by atoms with Crippen LogP contribution in [-0.2, 0) is 0 Å². The van der Waals surface area contributed by atoms with E-state index < -0.39 is 6.17 Å². The molecule has 70 valence electrons. The van der Waals surface area contributed by atoms with Crippen LogP contribution in [0.5, 0.6) is 0 Å². The van der Waals surface area contributed by atoms with Gasteiger partial charge >= 0.3 is 0 Å². The maximum atomic E-state index is 12.4. The molecule has 0 unspecified atom stereocenters. The summed E-state index contributed by atoms with van der Waals surface area (Å²) < 4.78 is 16.1. The minimum Gasteiger partial charge on any atom is -0.332 e. The van der Waals surface area contributed by atoms with E-state index in [2.05, 4.69) is 9.59 Å². The first-order valence-electron chi connectivity index (χ1n) is 3.91. The molecule has 0 aliphatic carbocycles. The normalized spacial score (nSPS) is 17.2. The maximum Gasteiger partial charge on any atom is 0.267 e. The standard InChI is InChI=1S/C7H8FN3OS/c1-4-6(13-10-9-4)7(12)11-2-5(8)3-11/h5H,2-3H2,1H3. The first-order chi connectivity index (χ1) is 6.18. The molecule has 1 aromatic heterocycles. The van der Waals surface area contributed by atoms with Crippen LogP contribution < -0.4 is 0 Å². The molecule has 6 heteroatoms. The van der Waals surface area contributed by atoms with E-state index in [1.165, 1.54) is 4.90 Å². The van der Waals surface area contributed by atoms with Crippen molar-refractivity contribution in [1.29, 1.82) is 0 Å². The van der Waals surface area contributed by atoms with Crippen molar-refractivity contribution in [1.82, 2.24) is 14.5 Å². The van der Waals surface area contributed by atoms with Gasteiger partial charge in [0.15, 0.2) is 0 Å². The molecule has 4 nitrogen and oxygen atoms in total. The van der Waals surface area contributed by atoms with Crippen molar-refractivity contribution in [2.75, 3.05) is 13.1 Å². The Morgan fingerprint density at radius 2 is 2.38 bits per heavy atom. The lowest BCUT2D eigenvalue weighted by Crippen LogP contribution is -2.51. The van der Waals surface area contributed by atoms with E-state index in [0.29, 0.717) is 10.6 Å². The highest BCUT2D eigenvalue weighted by Gasteiger charge is 2.32. The Labute approximate surface area is 78.5 Å². The van der Waals surface area contributed by atoms with Crippen LogP contribution in [0.25, 0.3) is 0 Å². The summed E-state index contributed by atoms with van der Waals surface area (Å²) in [4.78, 5) is 13.5. The van der Waals surface area contributed by atoms with E-state index in [-0.39, 0.29) is 19.0 Å². The molecule has 0 bridgehead atoms. The van der Waals surface area contributed by atoms with Crippen molar-refractivity contribution in [3.05, 3.63) is 10.6 Å². The van der Waals surface area contributed by atoms with Crippen molar-refractivity contribution < 1.29 is 9.18 Å². The van der Waals surface area contributed by atoms with E-state index in [1.54, 1.807) is 6.92 Å². The largest absolute Gasteiger partial charge is 0.332 e. The highest BCUT2D eigenvalue weighted by atomic mass is 32.1. The second kappa shape index (κ2) is 3.02. The predicted molar refractivity (Wildman–Crippen MR) is 45.4 cm³/mol. The second-order valence-corrected chi connectivity index (χ2v) is 3.75. The van der Waals surface area contributed by atoms with Gasteiger partial charge in [0.05, 0.1) is 18.8 Å². The van der Waals surface area contributed by atoms with Gasteiger partial charge in [-0.25, -0.2) is 4.39 Å². The summed E-state index contributed by atoms with van der Waals surface area (Å²) in [5.74, 6) is -0.151. The van der Waals surface area contributed by atoms with Crippen LogP contribution >= 0.6 is 11.5 Å². The highest BCUT2D eigenvalue weighted by Crippen LogP contribution is 2.18. The molecule has 1 aliphatic heterocycles. The van der Waals surface area contributed by atoms with Crippen LogP contribution in [0.4, 0.5) is 4.39 Å². The lowest BCUT2D eigenvalue weighted by atomic mass is 10.2. The number of halogens is 1. The average Bonchev–Trinajstić information content (AvgIpc) is 2.44. The number of hydrogen-bond donors (Lipinski definition) is 0. The zero-order chi connectivity index (χ0) is 9.42. The average molecular weight is 201 g/mol. The number of rotatable bonds is 1. The van der Waals surface area contributed by atoms with Gasteiger partial charge in [-0.3, -0.25) is 4.79 Å². The Hall–Kier alpha value is -1.04. The predicted octanol–water partition coefficient (Wildman–Crippen LogP) is 0.640. The molecule has 1 fully saturated rings. The number of likely N-dealkylation sites (tertiary alicyclic amines) is 1. The molecule has 13 heavy (non-hydrogen) atoms.